The second kappa shape index (κ2) is 9.03. The fraction of sp³-hybridized carbons (Fsp3) is 0.316. The second-order valence-corrected chi connectivity index (χ2v) is 5.71. The first kappa shape index (κ1) is 17.9. The van der Waals surface area contributed by atoms with Crippen molar-refractivity contribution in [3.05, 3.63) is 65.5 Å². The molecule has 24 heavy (non-hydrogen) atoms. The molecule has 5 heteroatoms. The Hall–Kier alpha value is -2.40. The molecule has 2 aromatic rings. The van der Waals surface area contributed by atoms with E-state index >= 15 is 0 Å². The number of nitrogens with two attached hydrogens (primary N) is 1. The van der Waals surface area contributed by atoms with Gasteiger partial charge in [-0.1, -0.05) is 30.3 Å². The summed E-state index contributed by atoms with van der Waals surface area (Å²) in [5.41, 5.74) is 7.60. The number of carbonyl (C=O) groups excluding carboxylic acids is 1. The van der Waals surface area contributed by atoms with E-state index in [9.17, 15) is 9.18 Å². The topological polar surface area (TPSA) is 64.3 Å². The normalized spacial score (nSPS) is 11.8. The van der Waals surface area contributed by atoms with Gasteiger partial charge in [0.15, 0.2) is 0 Å². The van der Waals surface area contributed by atoms with Crippen LogP contribution in [0, 0.1) is 5.82 Å². The summed E-state index contributed by atoms with van der Waals surface area (Å²) >= 11 is 0. The first-order valence-electron chi connectivity index (χ1n) is 7.97. The summed E-state index contributed by atoms with van der Waals surface area (Å²) in [4.78, 5) is 11.9. The quantitative estimate of drug-likeness (QED) is 0.781. The molecular weight excluding hydrogens is 307 g/mol. The third-order valence-electron chi connectivity index (χ3n) is 3.78. The van der Waals surface area contributed by atoms with E-state index in [4.69, 9.17) is 10.5 Å². The first-order chi connectivity index (χ1) is 11.6. The van der Waals surface area contributed by atoms with Crippen LogP contribution in [0.1, 0.15) is 17.5 Å². The predicted octanol–water partition coefficient (Wildman–Crippen LogP) is 2.45. The molecule has 2 aromatic carbocycles. The largest absolute Gasteiger partial charge is 0.497 e. The Balaban J connectivity index is 1.71. The van der Waals surface area contributed by atoms with E-state index in [0.717, 1.165) is 17.7 Å². The van der Waals surface area contributed by atoms with Gasteiger partial charge in [0.2, 0.25) is 5.91 Å². The molecule has 0 fully saturated rings. The van der Waals surface area contributed by atoms with Crippen molar-refractivity contribution in [1.29, 1.82) is 0 Å². The van der Waals surface area contributed by atoms with Crippen LogP contribution in [0.4, 0.5) is 4.39 Å². The second-order valence-electron chi connectivity index (χ2n) is 5.71. The van der Waals surface area contributed by atoms with Gasteiger partial charge < -0.3 is 15.8 Å². The molecule has 0 unspecified atom stereocenters. The van der Waals surface area contributed by atoms with Gasteiger partial charge in [0, 0.05) is 19.0 Å². The van der Waals surface area contributed by atoms with E-state index in [1.807, 2.05) is 24.3 Å². The molecule has 3 N–H and O–H groups in total. The van der Waals surface area contributed by atoms with Crippen LogP contribution in [-0.4, -0.2) is 25.6 Å². The van der Waals surface area contributed by atoms with Gasteiger partial charge in [0.05, 0.1) is 7.11 Å². The Morgan fingerprint density at radius 2 is 1.92 bits per heavy atom. The molecule has 0 aromatic heterocycles. The van der Waals surface area contributed by atoms with Gasteiger partial charge in [-0.15, -0.1) is 0 Å². The number of benzene rings is 2. The lowest BCUT2D eigenvalue weighted by molar-refractivity contribution is -0.121. The van der Waals surface area contributed by atoms with Crippen molar-refractivity contribution in [3.63, 3.8) is 0 Å². The summed E-state index contributed by atoms with van der Waals surface area (Å²) in [5, 5.41) is 2.85. The highest BCUT2D eigenvalue weighted by molar-refractivity contribution is 5.76. The summed E-state index contributed by atoms with van der Waals surface area (Å²) in [6, 6.07) is 13.8. The molecule has 2 rings (SSSR count). The van der Waals surface area contributed by atoms with Crippen LogP contribution < -0.4 is 15.8 Å². The maximum absolute atomic E-state index is 13.6. The van der Waals surface area contributed by atoms with Crippen LogP contribution in [0.2, 0.25) is 0 Å². The minimum absolute atomic E-state index is 0.118. The van der Waals surface area contributed by atoms with E-state index in [1.165, 1.54) is 6.07 Å². The lowest BCUT2D eigenvalue weighted by Gasteiger charge is -2.12. The summed E-state index contributed by atoms with van der Waals surface area (Å²) in [7, 11) is 1.62. The standard InChI is InChI=1S/C19H23FN2O2/c1-24-17-8-6-14(7-9-17)10-11-22-19(23)13-16(21)12-15-4-2-3-5-18(15)20/h2-9,16H,10-13,21H2,1H3,(H,22,23)/t16-/m1/s1. The number of hydrogen-bond acceptors (Lipinski definition) is 3. The Morgan fingerprint density at radius 3 is 2.58 bits per heavy atom. The van der Waals surface area contributed by atoms with Crippen molar-refractivity contribution < 1.29 is 13.9 Å². The Labute approximate surface area is 141 Å². The smallest absolute Gasteiger partial charge is 0.221 e. The van der Waals surface area contributed by atoms with E-state index in [0.29, 0.717) is 18.5 Å². The molecule has 0 bridgehead atoms. The van der Waals surface area contributed by atoms with Gasteiger partial charge in [-0.2, -0.15) is 0 Å². The number of ether oxygens (including phenoxy) is 1. The van der Waals surface area contributed by atoms with E-state index in [2.05, 4.69) is 5.32 Å². The molecule has 0 aliphatic heterocycles. The van der Waals surface area contributed by atoms with Crippen LogP contribution in [0.15, 0.2) is 48.5 Å². The van der Waals surface area contributed by atoms with Gasteiger partial charge in [-0.25, -0.2) is 4.39 Å². The highest BCUT2D eigenvalue weighted by Gasteiger charge is 2.12. The summed E-state index contributed by atoms with van der Waals surface area (Å²) in [6.45, 7) is 0.539. The lowest BCUT2D eigenvalue weighted by Crippen LogP contribution is -2.34. The first-order valence-corrected chi connectivity index (χ1v) is 7.97. The average molecular weight is 330 g/mol. The summed E-state index contributed by atoms with van der Waals surface area (Å²) < 4.78 is 18.7. The van der Waals surface area contributed by atoms with Crippen molar-refractivity contribution in [2.45, 2.75) is 25.3 Å². The maximum Gasteiger partial charge on any atom is 0.221 e. The average Bonchev–Trinajstić information content (AvgIpc) is 2.57. The molecule has 0 aliphatic rings. The third-order valence-corrected chi connectivity index (χ3v) is 3.78. The van der Waals surface area contributed by atoms with Crippen LogP contribution in [0.3, 0.4) is 0 Å². The molecule has 0 aliphatic carbocycles. The molecular formula is C19H23FN2O2. The Bertz CT molecular complexity index is 659. The van der Waals surface area contributed by atoms with E-state index in [-0.39, 0.29) is 18.1 Å². The number of rotatable bonds is 8. The molecule has 0 saturated heterocycles. The van der Waals surface area contributed by atoms with Crippen LogP contribution in [0.5, 0.6) is 5.75 Å². The number of methoxy groups -OCH3 is 1. The minimum Gasteiger partial charge on any atom is -0.497 e. The number of halogens is 1. The fourth-order valence-corrected chi connectivity index (χ4v) is 2.47. The molecule has 1 amide bonds. The molecule has 0 heterocycles. The third kappa shape index (κ3) is 5.66. The predicted molar refractivity (Wildman–Crippen MR) is 92.4 cm³/mol. The van der Waals surface area contributed by atoms with Crippen molar-refractivity contribution in [3.8, 4) is 5.75 Å². The Morgan fingerprint density at radius 1 is 1.21 bits per heavy atom. The highest BCUT2D eigenvalue weighted by Crippen LogP contribution is 2.12. The summed E-state index contributed by atoms with van der Waals surface area (Å²) in [6.07, 6.45) is 1.26. The van der Waals surface area contributed by atoms with Gasteiger partial charge in [-0.05, 0) is 42.2 Å². The monoisotopic (exact) mass is 330 g/mol. The van der Waals surface area contributed by atoms with Gasteiger partial charge in [0.1, 0.15) is 11.6 Å². The fourth-order valence-electron chi connectivity index (χ4n) is 2.47. The molecule has 0 spiro atoms. The van der Waals surface area contributed by atoms with Crippen LogP contribution >= 0.6 is 0 Å². The van der Waals surface area contributed by atoms with Crippen molar-refractivity contribution in [2.75, 3.05) is 13.7 Å². The van der Waals surface area contributed by atoms with Gasteiger partial charge in [-0.3, -0.25) is 4.79 Å². The lowest BCUT2D eigenvalue weighted by atomic mass is 10.0. The number of carbonyl (C=O) groups is 1. The number of nitrogens with one attached hydrogen (secondary N) is 1. The Kier molecular flexibility index (Phi) is 6.75. The van der Waals surface area contributed by atoms with Crippen molar-refractivity contribution >= 4 is 5.91 Å². The van der Waals surface area contributed by atoms with Crippen LogP contribution in [-0.2, 0) is 17.6 Å². The maximum atomic E-state index is 13.6. The number of hydrogen-bond donors (Lipinski definition) is 2. The van der Waals surface area contributed by atoms with Crippen molar-refractivity contribution in [1.82, 2.24) is 5.32 Å². The molecule has 0 saturated carbocycles. The zero-order chi connectivity index (χ0) is 17.4. The van der Waals surface area contributed by atoms with Gasteiger partial charge in [0.25, 0.3) is 0 Å². The zero-order valence-electron chi connectivity index (χ0n) is 13.8. The van der Waals surface area contributed by atoms with Gasteiger partial charge >= 0.3 is 0 Å². The molecule has 0 radical (unpaired) electrons. The van der Waals surface area contributed by atoms with Crippen LogP contribution in [0.25, 0.3) is 0 Å². The molecule has 128 valence electrons. The van der Waals surface area contributed by atoms with Crippen molar-refractivity contribution in [2.24, 2.45) is 5.73 Å². The molecule has 1 atom stereocenters. The van der Waals surface area contributed by atoms with E-state index < -0.39 is 6.04 Å². The summed E-state index contributed by atoms with van der Waals surface area (Å²) in [5.74, 6) is 0.405. The zero-order valence-corrected chi connectivity index (χ0v) is 13.8. The SMILES string of the molecule is COc1ccc(CCNC(=O)C[C@H](N)Cc2ccccc2F)cc1. The highest BCUT2D eigenvalue weighted by atomic mass is 19.1. The molecule has 4 nitrogen and oxygen atoms in total. The number of amides is 1. The minimum atomic E-state index is -0.400. The van der Waals surface area contributed by atoms with E-state index in [1.54, 1.807) is 25.3 Å².